The molecule has 0 bridgehead atoms. The van der Waals surface area contributed by atoms with Crippen LogP contribution in [0.3, 0.4) is 0 Å². The summed E-state index contributed by atoms with van der Waals surface area (Å²) in [6.07, 6.45) is 2.01. The summed E-state index contributed by atoms with van der Waals surface area (Å²) in [6.45, 7) is 2.00. The average molecular weight is 447 g/mol. The van der Waals surface area contributed by atoms with Crippen LogP contribution < -0.4 is 14.8 Å². The smallest absolute Gasteiger partial charge is 0.187 e. The maximum Gasteiger partial charge on any atom is 0.187 e. The first-order chi connectivity index (χ1) is 12.7. The fourth-order valence-electron chi connectivity index (χ4n) is 2.90. The maximum absolute atomic E-state index is 5.35. The molecule has 0 radical (unpaired) electrons. The average Bonchev–Trinajstić information content (AvgIpc) is 3.24. The number of hydrogen-bond donors (Lipinski definition) is 1. The lowest BCUT2D eigenvalue weighted by atomic mass is 10.2. The van der Waals surface area contributed by atoms with Crippen molar-refractivity contribution in [2.24, 2.45) is 0 Å². The molecule has 0 fully saturated rings. The lowest BCUT2D eigenvalue weighted by Gasteiger charge is -2.09. The van der Waals surface area contributed by atoms with Gasteiger partial charge in [-0.25, -0.2) is 9.97 Å². The van der Waals surface area contributed by atoms with Crippen LogP contribution in [0.25, 0.3) is 17.0 Å². The zero-order chi connectivity index (χ0) is 18.1. The van der Waals surface area contributed by atoms with Crippen molar-refractivity contribution in [3.05, 3.63) is 53.7 Å². The molecule has 4 aromatic rings. The highest BCUT2D eigenvalue weighted by Crippen LogP contribution is 2.33. The van der Waals surface area contributed by atoms with Crippen LogP contribution >= 0.6 is 28.3 Å². The number of ether oxygens (including phenoxy) is 2. The Bertz CT molecular complexity index is 1080. The number of hydrogen-bond acceptors (Lipinski definition) is 6. The number of pyridine rings is 1. The van der Waals surface area contributed by atoms with Gasteiger partial charge in [-0.2, -0.15) is 0 Å². The number of rotatable bonds is 5. The number of aryl methyl sites for hydroxylation is 1. The number of benzene rings is 1. The lowest BCUT2D eigenvalue weighted by Crippen LogP contribution is -1.94. The van der Waals surface area contributed by atoms with Gasteiger partial charge in [0.05, 0.1) is 25.6 Å². The Morgan fingerprint density at radius 3 is 2.63 bits per heavy atom. The van der Waals surface area contributed by atoms with Crippen molar-refractivity contribution in [3.8, 4) is 22.9 Å². The van der Waals surface area contributed by atoms with E-state index in [1.807, 2.05) is 54.9 Å². The first-order valence-corrected chi connectivity index (χ1v) is 8.96. The fourth-order valence-corrected chi connectivity index (χ4v) is 3.61. The predicted molar refractivity (Wildman–Crippen MR) is 114 cm³/mol. The Labute approximate surface area is 171 Å². The van der Waals surface area contributed by atoms with Crippen LogP contribution in [0.4, 0.5) is 10.8 Å². The van der Waals surface area contributed by atoms with Crippen LogP contribution in [0.5, 0.6) is 11.5 Å². The fraction of sp³-hybridized carbons (Fsp3) is 0.158. The highest BCUT2D eigenvalue weighted by molar-refractivity contribution is 8.93. The van der Waals surface area contributed by atoms with Crippen molar-refractivity contribution in [2.45, 2.75) is 6.92 Å². The molecule has 0 amide bonds. The molecule has 0 atom stereocenters. The second-order valence-corrected chi connectivity index (χ2v) is 6.57. The van der Waals surface area contributed by atoms with E-state index in [-0.39, 0.29) is 17.0 Å². The van der Waals surface area contributed by atoms with Crippen molar-refractivity contribution >= 4 is 44.8 Å². The minimum atomic E-state index is 0. The molecule has 0 unspecified atom stereocenters. The monoisotopic (exact) mass is 446 g/mol. The Hall–Kier alpha value is -2.58. The number of nitrogens with one attached hydrogen (secondary N) is 1. The number of nitrogens with zero attached hydrogens (tertiary/aromatic N) is 3. The summed E-state index contributed by atoms with van der Waals surface area (Å²) < 4.78 is 12.7. The minimum absolute atomic E-state index is 0. The third-order valence-corrected chi connectivity index (χ3v) is 4.84. The van der Waals surface area contributed by atoms with E-state index in [2.05, 4.69) is 14.7 Å². The summed E-state index contributed by atoms with van der Waals surface area (Å²) in [4.78, 5) is 9.33. The van der Waals surface area contributed by atoms with Crippen LogP contribution in [0.15, 0.2) is 48.0 Å². The second-order valence-electron chi connectivity index (χ2n) is 5.71. The summed E-state index contributed by atoms with van der Waals surface area (Å²) in [5.74, 6) is 1.37. The number of anilines is 2. The minimum Gasteiger partial charge on any atom is -0.493 e. The summed E-state index contributed by atoms with van der Waals surface area (Å²) in [5.41, 5.74) is 4.67. The molecule has 4 rings (SSSR count). The normalized spacial score (nSPS) is 10.5. The molecule has 0 aliphatic rings. The van der Waals surface area contributed by atoms with E-state index in [9.17, 15) is 0 Å². The number of halogens is 1. The van der Waals surface area contributed by atoms with Gasteiger partial charge in [-0.1, -0.05) is 6.07 Å². The van der Waals surface area contributed by atoms with Gasteiger partial charge in [0.2, 0.25) is 0 Å². The van der Waals surface area contributed by atoms with Gasteiger partial charge in [0.1, 0.15) is 11.3 Å². The van der Waals surface area contributed by atoms with Gasteiger partial charge in [0, 0.05) is 23.3 Å². The van der Waals surface area contributed by atoms with Crippen LogP contribution in [0, 0.1) is 6.92 Å². The molecule has 3 aromatic heterocycles. The van der Waals surface area contributed by atoms with Gasteiger partial charge in [-0.05, 0) is 31.2 Å². The summed E-state index contributed by atoms with van der Waals surface area (Å²) in [7, 11) is 3.24. The van der Waals surface area contributed by atoms with Gasteiger partial charge in [-0.15, -0.1) is 28.3 Å². The molecule has 0 spiro atoms. The highest BCUT2D eigenvalue weighted by Gasteiger charge is 2.14. The van der Waals surface area contributed by atoms with Gasteiger partial charge in [-0.3, -0.25) is 4.40 Å². The van der Waals surface area contributed by atoms with E-state index in [1.54, 1.807) is 25.6 Å². The zero-order valence-corrected chi connectivity index (χ0v) is 17.6. The Morgan fingerprint density at radius 1 is 1.04 bits per heavy atom. The highest BCUT2D eigenvalue weighted by atomic mass is 79.9. The first kappa shape index (κ1) is 19.2. The van der Waals surface area contributed by atoms with Crippen LogP contribution in [0.2, 0.25) is 0 Å². The molecule has 0 saturated carbocycles. The molecule has 140 valence electrons. The third-order valence-electron chi connectivity index (χ3n) is 4.09. The van der Waals surface area contributed by atoms with Crippen LogP contribution in [0.1, 0.15) is 5.69 Å². The van der Waals surface area contributed by atoms with E-state index < -0.39 is 0 Å². The molecule has 0 aliphatic carbocycles. The topological polar surface area (TPSA) is 60.7 Å². The van der Waals surface area contributed by atoms with Gasteiger partial charge in [0.25, 0.3) is 0 Å². The van der Waals surface area contributed by atoms with Crippen molar-refractivity contribution in [3.63, 3.8) is 0 Å². The molecular formula is C19H19BrN4O2S. The van der Waals surface area contributed by atoms with Gasteiger partial charge < -0.3 is 14.8 Å². The van der Waals surface area contributed by atoms with Crippen LogP contribution in [-0.4, -0.2) is 28.6 Å². The number of thiazole rings is 1. The number of aromatic nitrogens is 3. The molecule has 1 N–H and O–H groups in total. The van der Waals surface area contributed by atoms with Crippen molar-refractivity contribution in [1.82, 2.24) is 14.4 Å². The van der Waals surface area contributed by atoms with E-state index in [0.29, 0.717) is 11.5 Å². The van der Waals surface area contributed by atoms with Crippen molar-refractivity contribution in [1.29, 1.82) is 0 Å². The van der Waals surface area contributed by atoms with Gasteiger partial charge >= 0.3 is 0 Å². The van der Waals surface area contributed by atoms with E-state index in [1.165, 1.54) is 0 Å². The SMILES string of the molecule is Br.COc1ccc(Nc2nc(-c3c(C)nc4ccccn34)cs2)cc1OC. The molecule has 0 saturated heterocycles. The summed E-state index contributed by atoms with van der Waals surface area (Å²) >= 11 is 1.55. The molecule has 3 heterocycles. The molecule has 8 heteroatoms. The largest absolute Gasteiger partial charge is 0.493 e. The maximum atomic E-state index is 5.35. The number of methoxy groups -OCH3 is 2. The molecule has 6 nitrogen and oxygen atoms in total. The molecule has 1 aromatic carbocycles. The number of fused-ring (bicyclic) bond motifs is 1. The Morgan fingerprint density at radius 2 is 1.85 bits per heavy atom. The van der Waals surface area contributed by atoms with Gasteiger partial charge in [0.15, 0.2) is 16.6 Å². The standard InChI is InChI=1S/C19H18N4O2S.BrH/c1-12-18(23-9-5-4-6-17(23)20-12)14-11-26-19(22-14)21-13-7-8-15(24-2)16(10-13)25-3;/h4-11H,1-3H3,(H,21,22);1H. The third kappa shape index (κ3) is 3.63. The summed E-state index contributed by atoms with van der Waals surface area (Å²) in [5, 5.41) is 6.16. The lowest BCUT2D eigenvalue weighted by molar-refractivity contribution is 0.355. The zero-order valence-electron chi connectivity index (χ0n) is 15.1. The first-order valence-electron chi connectivity index (χ1n) is 8.08. The Balaban J connectivity index is 0.00000210. The molecular weight excluding hydrogens is 428 g/mol. The molecule has 27 heavy (non-hydrogen) atoms. The van der Waals surface area contributed by atoms with E-state index in [0.717, 1.165) is 33.5 Å². The second kappa shape index (κ2) is 7.98. The Kier molecular flexibility index (Phi) is 5.67. The van der Waals surface area contributed by atoms with Crippen molar-refractivity contribution in [2.75, 3.05) is 19.5 Å². The summed E-state index contributed by atoms with van der Waals surface area (Å²) in [6, 6.07) is 11.7. The van der Waals surface area contributed by atoms with E-state index >= 15 is 0 Å². The van der Waals surface area contributed by atoms with Crippen molar-refractivity contribution < 1.29 is 9.47 Å². The quantitative estimate of drug-likeness (QED) is 0.461. The number of imidazole rings is 1. The van der Waals surface area contributed by atoms with E-state index in [4.69, 9.17) is 14.5 Å². The predicted octanol–water partition coefficient (Wildman–Crippen LogP) is 5.10. The molecule has 0 aliphatic heterocycles. The van der Waals surface area contributed by atoms with Crippen LogP contribution in [-0.2, 0) is 0 Å².